The largest absolute Gasteiger partial charge is 0.389 e. The average Bonchev–Trinajstić information content (AvgIpc) is 3.02. The molecule has 3 aromatic rings. The molecule has 0 fully saturated rings. The van der Waals surface area contributed by atoms with Gasteiger partial charge in [-0.3, -0.25) is 4.79 Å². The average molecular weight is 323 g/mol. The Morgan fingerprint density at radius 3 is 2.71 bits per heavy atom. The second kappa shape index (κ2) is 6.64. The van der Waals surface area contributed by atoms with Crippen molar-refractivity contribution in [1.82, 2.24) is 10.1 Å². The van der Waals surface area contributed by atoms with Gasteiger partial charge in [0.15, 0.2) is 0 Å². The molecule has 1 aromatic heterocycles. The molecule has 6 nitrogen and oxygen atoms in total. The summed E-state index contributed by atoms with van der Waals surface area (Å²) in [5.74, 6) is 0.627. The molecule has 0 saturated carbocycles. The molecule has 1 unspecified atom stereocenters. The highest BCUT2D eigenvalue weighted by Crippen LogP contribution is 2.23. The van der Waals surface area contributed by atoms with Crippen LogP contribution in [-0.2, 0) is 0 Å². The monoisotopic (exact) mass is 323 g/mol. The molecule has 0 bridgehead atoms. The van der Waals surface area contributed by atoms with Crippen LogP contribution in [0.15, 0.2) is 53.1 Å². The Morgan fingerprint density at radius 1 is 1.21 bits per heavy atom. The summed E-state index contributed by atoms with van der Waals surface area (Å²) < 4.78 is 4.97. The number of carbonyl (C=O) groups is 1. The van der Waals surface area contributed by atoms with E-state index in [0.29, 0.717) is 34.1 Å². The van der Waals surface area contributed by atoms with Gasteiger partial charge < -0.3 is 14.9 Å². The number of benzene rings is 2. The van der Waals surface area contributed by atoms with E-state index < -0.39 is 6.10 Å². The van der Waals surface area contributed by atoms with Gasteiger partial charge in [-0.25, -0.2) is 0 Å². The number of amides is 1. The molecule has 0 aliphatic carbocycles. The van der Waals surface area contributed by atoms with Crippen molar-refractivity contribution in [1.29, 1.82) is 0 Å². The van der Waals surface area contributed by atoms with Crippen molar-refractivity contribution in [2.24, 2.45) is 0 Å². The minimum Gasteiger partial charge on any atom is -0.389 e. The molecule has 6 heteroatoms. The summed E-state index contributed by atoms with van der Waals surface area (Å²) in [5, 5.41) is 16.5. The first-order chi connectivity index (χ1) is 11.5. The molecule has 0 radical (unpaired) electrons. The molecule has 2 aromatic carbocycles. The standard InChI is InChI=1S/C18H17N3O3/c1-11(22)15-8-3-4-9-16(15)20-18(23)14-7-5-6-13(10-14)17-19-12(2)24-21-17/h3-11,22H,1-2H3,(H,20,23). The maximum Gasteiger partial charge on any atom is 0.255 e. The number of rotatable bonds is 4. The van der Waals surface area contributed by atoms with Crippen LogP contribution in [0.3, 0.4) is 0 Å². The third-order valence-corrected chi connectivity index (χ3v) is 3.57. The lowest BCUT2D eigenvalue weighted by molar-refractivity contribution is 0.102. The molecular weight excluding hydrogens is 306 g/mol. The second-order valence-electron chi connectivity index (χ2n) is 5.44. The first kappa shape index (κ1) is 15.9. The van der Waals surface area contributed by atoms with Gasteiger partial charge in [-0.05, 0) is 25.1 Å². The van der Waals surface area contributed by atoms with Gasteiger partial charge in [0.1, 0.15) is 0 Å². The Morgan fingerprint density at radius 2 is 2.00 bits per heavy atom. The highest BCUT2D eigenvalue weighted by Gasteiger charge is 2.13. The molecule has 1 amide bonds. The van der Waals surface area contributed by atoms with Crippen LogP contribution in [0.4, 0.5) is 5.69 Å². The van der Waals surface area contributed by atoms with Crippen molar-refractivity contribution in [3.8, 4) is 11.4 Å². The Balaban J connectivity index is 1.86. The van der Waals surface area contributed by atoms with Crippen LogP contribution < -0.4 is 5.32 Å². The van der Waals surface area contributed by atoms with Gasteiger partial charge in [-0.1, -0.05) is 35.5 Å². The number of carbonyl (C=O) groups excluding carboxylic acids is 1. The van der Waals surface area contributed by atoms with Gasteiger partial charge in [0.05, 0.1) is 6.10 Å². The summed E-state index contributed by atoms with van der Waals surface area (Å²) in [4.78, 5) is 16.7. The molecule has 0 aliphatic heterocycles. The van der Waals surface area contributed by atoms with E-state index in [1.165, 1.54) is 0 Å². The fraction of sp³-hybridized carbons (Fsp3) is 0.167. The van der Waals surface area contributed by atoms with Crippen LogP contribution in [0, 0.1) is 6.92 Å². The minimum absolute atomic E-state index is 0.273. The molecule has 0 aliphatic rings. The minimum atomic E-state index is -0.671. The SMILES string of the molecule is Cc1nc(-c2cccc(C(=O)Nc3ccccc3C(C)O)c2)no1. The number of aliphatic hydroxyl groups excluding tert-OH is 1. The van der Waals surface area contributed by atoms with Crippen LogP contribution >= 0.6 is 0 Å². The van der Waals surface area contributed by atoms with Crippen molar-refractivity contribution >= 4 is 11.6 Å². The molecule has 2 N–H and O–H groups in total. The van der Waals surface area contributed by atoms with Gasteiger partial charge >= 0.3 is 0 Å². The summed E-state index contributed by atoms with van der Waals surface area (Å²) in [6.45, 7) is 3.37. The predicted molar refractivity (Wildman–Crippen MR) is 89.5 cm³/mol. The molecule has 24 heavy (non-hydrogen) atoms. The number of aryl methyl sites for hydroxylation is 1. The molecule has 3 rings (SSSR count). The highest BCUT2D eigenvalue weighted by molar-refractivity contribution is 6.05. The Bertz CT molecular complexity index is 871. The zero-order valence-electron chi connectivity index (χ0n) is 13.4. The van der Waals surface area contributed by atoms with E-state index in [1.807, 2.05) is 12.1 Å². The van der Waals surface area contributed by atoms with E-state index in [-0.39, 0.29) is 5.91 Å². The number of hydrogen-bond donors (Lipinski definition) is 2. The topological polar surface area (TPSA) is 88.2 Å². The Kier molecular flexibility index (Phi) is 4.39. The van der Waals surface area contributed by atoms with Crippen LogP contribution in [-0.4, -0.2) is 21.2 Å². The van der Waals surface area contributed by atoms with Gasteiger partial charge in [0.25, 0.3) is 5.91 Å². The van der Waals surface area contributed by atoms with Gasteiger partial charge in [0, 0.05) is 29.3 Å². The quantitative estimate of drug-likeness (QED) is 0.768. The third kappa shape index (κ3) is 3.33. The van der Waals surface area contributed by atoms with Crippen molar-refractivity contribution in [3.05, 3.63) is 65.5 Å². The maximum absolute atomic E-state index is 12.5. The van der Waals surface area contributed by atoms with Gasteiger partial charge in [0.2, 0.25) is 11.7 Å². The summed E-state index contributed by atoms with van der Waals surface area (Å²) in [6, 6.07) is 14.1. The summed E-state index contributed by atoms with van der Waals surface area (Å²) in [7, 11) is 0. The summed E-state index contributed by atoms with van der Waals surface area (Å²) in [5.41, 5.74) is 2.41. The lowest BCUT2D eigenvalue weighted by Gasteiger charge is -2.13. The number of nitrogens with one attached hydrogen (secondary N) is 1. The number of aliphatic hydroxyl groups is 1. The molecule has 1 atom stereocenters. The summed E-state index contributed by atoms with van der Waals surface area (Å²) >= 11 is 0. The number of aromatic nitrogens is 2. The Labute approximate surface area is 139 Å². The first-order valence-corrected chi connectivity index (χ1v) is 7.53. The van der Waals surface area contributed by atoms with Gasteiger partial charge in [-0.2, -0.15) is 4.98 Å². The maximum atomic E-state index is 12.5. The zero-order valence-corrected chi connectivity index (χ0v) is 13.4. The fourth-order valence-corrected chi connectivity index (χ4v) is 2.39. The van der Waals surface area contributed by atoms with Crippen LogP contribution in [0.25, 0.3) is 11.4 Å². The van der Waals surface area contributed by atoms with Crippen molar-refractivity contribution < 1.29 is 14.4 Å². The summed E-state index contributed by atoms with van der Waals surface area (Å²) in [6.07, 6.45) is -0.671. The van der Waals surface area contributed by atoms with E-state index in [9.17, 15) is 9.90 Å². The number of para-hydroxylation sites is 1. The molecule has 0 saturated heterocycles. The van der Waals surface area contributed by atoms with E-state index >= 15 is 0 Å². The predicted octanol–water partition coefficient (Wildman–Crippen LogP) is 3.35. The number of anilines is 1. The second-order valence-corrected chi connectivity index (χ2v) is 5.44. The number of hydrogen-bond acceptors (Lipinski definition) is 5. The Hall–Kier alpha value is -2.99. The molecular formula is C18H17N3O3. The normalized spacial score (nSPS) is 12.0. The zero-order chi connectivity index (χ0) is 17.1. The fourth-order valence-electron chi connectivity index (χ4n) is 2.39. The first-order valence-electron chi connectivity index (χ1n) is 7.53. The van der Waals surface area contributed by atoms with E-state index in [0.717, 1.165) is 0 Å². The molecule has 1 heterocycles. The van der Waals surface area contributed by atoms with Crippen molar-refractivity contribution in [2.45, 2.75) is 20.0 Å². The van der Waals surface area contributed by atoms with Crippen LogP contribution in [0.1, 0.15) is 34.8 Å². The van der Waals surface area contributed by atoms with E-state index in [2.05, 4.69) is 15.5 Å². The smallest absolute Gasteiger partial charge is 0.255 e. The van der Waals surface area contributed by atoms with Gasteiger partial charge in [-0.15, -0.1) is 0 Å². The lowest BCUT2D eigenvalue weighted by atomic mass is 10.1. The lowest BCUT2D eigenvalue weighted by Crippen LogP contribution is -2.14. The van der Waals surface area contributed by atoms with Crippen LogP contribution in [0.2, 0.25) is 0 Å². The highest BCUT2D eigenvalue weighted by atomic mass is 16.5. The van der Waals surface area contributed by atoms with Crippen molar-refractivity contribution in [2.75, 3.05) is 5.32 Å². The van der Waals surface area contributed by atoms with Crippen molar-refractivity contribution in [3.63, 3.8) is 0 Å². The molecule has 0 spiro atoms. The number of nitrogens with zero attached hydrogens (tertiary/aromatic N) is 2. The third-order valence-electron chi connectivity index (χ3n) is 3.57. The van der Waals surface area contributed by atoms with E-state index in [4.69, 9.17) is 4.52 Å². The van der Waals surface area contributed by atoms with E-state index in [1.54, 1.807) is 50.2 Å². The molecule has 122 valence electrons. The van der Waals surface area contributed by atoms with Crippen LogP contribution in [0.5, 0.6) is 0 Å².